The molecule has 1 fully saturated rings. The summed E-state index contributed by atoms with van der Waals surface area (Å²) in [7, 11) is 2.08. The van der Waals surface area contributed by atoms with Gasteiger partial charge < -0.3 is 14.6 Å². The summed E-state index contributed by atoms with van der Waals surface area (Å²) >= 11 is 0. The number of ether oxygens (including phenoxy) is 1. The molecule has 26 heavy (non-hydrogen) atoms. The summed E-state index contributed by atoms with van der Waals surface area (Å²) in [6.07, 6.45) is 2.47. The van der Waals surface area contributed by atoms with Gasteiger partial charge in [-0.3, -0.25) is 4.79 Å². The van der Waals surface area contributed by atoms with Crippen LogP contribution in [0.4, 0.5) is 0 Å². The molecule has 0 atom stereocenters. The zero-order valence-corrected chi connectivity index (χ0v) is 15.2. The second kappa shape index (κ2) is 6.83. The Bertz CT molecular complexity index is 957. The first-order valence-corrected chi connectivity index (χ1v) is 9.02. The van der Waals surface area contributed by atoms with Gasteiger partial charge in [0.25, 0.3) is 5.91 Å². The minimum absolute atomic E-state index is 0.0164. The Morgan fingerprint density at radius 3 is 2.85 bits per heavy atom. The van der Waals surface area contributed by atoms with Crippen molar-refractivity contribution >= 4 is 16.9 Å². The molecule has 1 saturated carbocycles. The van der Waals surface area contributed by atoms with E-state index in [1.54, 1.807) is 0 Å². The lowest BCUT2D eigenvalue weighted by molar-refractivity contribution is -0.123. The predicted molar refractivity (Wildman–Crippen MR) is 101 cm³/mol. The Kier molecular flexibility index (Phi) is 4.37. The monoisotopic (exact) mass is 349 g/mol. The molecule has 1 aliphatic carbocycles. The van der Waals surface area contributed by atoms with Gasteiger partial charge in [-0.25, -0.2) is 4.98 Å². The van der Waals surface area contributed by atoms with Gasteiger partial charge in [0, 0.05) is 19.5 Å². The smallest absolute Gasteiger partial charge is 0.258 e. The summed E-state index contributed by atoms with van der Waals surface area (Å²) in [6, 6.07) is 13.9. The molecule has 1 N–H and O–H groups in total. The van der Waals surface area contributed by atoms with Gasteiger partial charge in [0.15, 0.2) is 6.61 Å². The summed E-state index contributed by atoms with van der Waals surface area (Å²) < 4.78 is 7.77. The zero-order valence-electron chi connectivity index (χ0n) is 15.2. The fraction of sp³-hybridized carbons (Fsp3) is 0.333. The number of fused-ring (bicyclic) bond motifs is 1. The first kappa shape index (κ1) is 16.6. The Labute approximate surface area is 153 Å². The van der Waals surface area contributed by atoms with Crippen molar-refractivity contribution in [2.24, 2.45) is 7.05 Å². The van der Waals surface area contributed by atoms with Crippen LogP contribution in [0.1, 0.15) is 35.7 Å². The number of benzene rings is 2. The van der Waals surface area contributed by atoms with Gasteiger partial charge in [-0.1, -0.05) is 24.3 Å². The average Bonchev–Trinajstić information content (AvgIpc) is 3.43. The number of nitrogens with zero attached hydrogens (tertiary/aromatic N) is 2. The van der Waals surface area contributed by atoms with Crippen LogP contribution in [0.5, 0.6) is 5.75 Å². The number of para-hydroxylation sites is 1. The van der Waals surface area contributed by atoms with Crippen molar-refractivity contribution < 1.29 is 9.53 Å². The van der Waals surface area contributed by atoms with E-state index in [2.05, 4.69) is 29.1 Å². The Hall–Kier alpha value is -2.82. The predicted octanol–water partition coefficient (Wildman–Crippen LogP) is 3.45. The van der Waals surface area contributed by atoms with E-state index in [1.807, 2.05) is 37.3 Å². The van der Waals surface area contributed by atoms with Gasteiger partial charge in [-0.2, -0.15) is 0 Å². The molecule has 2 aromatic carbocycles. The van der Waals surface area contributed by atoms with Crippen molar-refractivity contribution in [3.63, 3.8) is 0 Å². The Morgan fingerprint density at radius 1 is 1.27 bits per heavy atom. The molecule has 5 nitrogen and oxygen atoms in total. The summed E-state index contributed by atoms with van der Waals surface area (Å²) in [5, 5.41) is 2.91. The number of aromatic nitrogens is 2. The normalized spacial score (nSPS) is 13.8. The number of rotatable bonds is 6. The maximum absolute atomic E-state index is 12.1. The van der Waals surface area contributed by atoms with E-state index in [9.17, 15) is 4.79 Å². The largest absolute Gasteiger partial charge is 0.484 e. The molecule has 1 heterocycles. The zero-order chi connectivity index (χ0) is 18.1. The number of nitrogens with one attached hydrogen (secondary N) is 1. The van der Waals surface area contributed by atoms with Crippen LogP contribution in [0, 0.1) is 6.92 Å². The van der Waals surface area contributed by atoms with E-state index in [1.165, 1.54) is 18.7 Å². The van der Waals surface area contributed by atoms with Crippen molar-refractivity contribution in [3.8, 4) is 5.75 Å². The van der Waals surface area contributed by atoms with Crippen LogP contribution < -0.4 is 10.1 Å². The van der Waals surface area contributed by atoms with E-state index in [4.69, 9.17) is 9.72 Å². The minimum atomic E-state index is -0.131. The standard InChI is InChI=1S/C21H23N3O2/c1-14-5-3-4-6-19(14)26-13-20(25)22-12-15-7-10-18-17(11-15)23-21(24(18)2)16-8-9-16/h3-7,10-11,16H,8-9,12-13H2,1-2H3,(H,22,25). The number of amides is 1. The summed E-state index contributed by atoms with van der Waals surface area (Å²) in [6.45, 7) is 2.45. The fourth-order valence-electron chi connectivity index (χ4n) is 3.19. The molecule has 0 spiro atoms. The maximum Gasteiger partial charge on any atom is 0.258 e. The van der Waals surface area contributed by atoms with Crippen LogP contribution in [-0.4, -0.2) is 22.1 Å². The summed E-state index contributed by atoms with van der Waals surface area (Å²) in [5.41, 5.74) is 4.21. The highest BCUT2D eigenvalue weighted by atomic mass is 16.5. The quantitative estimate of drug-likeness (QED) is 0.741. The third kappa shape index (κ3) is 3.43. The number of carbonyl (C=O) groups is 1. The molecule has 1 amide bonds. The summed E-state index contributed by atoms with van der Waals surface area (Å²) in [4.78, 5) is 16.8. The lowest BCUT2D eigenvalue weighted by atomic mass is 10.2. The topological polar surface area (TPSA) is 56.1 Å². The van der Waals surface area contributed by atoms with E-state index in [-0.39, 0.29) is 12.5 Å². The minimum Gasteiger partial charge on any atom is -0.484 e. The number of hydrogen-bond acceptors (Lipinski definition) is 3. The van der Waals surface area contributed by atoms with Gasteiger partial charge in [-0.05, 0) is 49.1 Å². The maximum atomic E-state index is 12.1. The van der Waals surface area contributed by atoms with E-state index in [0.29, 0.717) is 12.5 Å². The third-order valence-corrected chi connectivity index (χ3v) is 4.86. The second-order valence-corrected chi connectivity index (χ2v) is 6.96. The van der Waals surface area contributed by atoms with Crippen molar-refractivity contribution in [2.45, 2.75) is 32.2 Å². The van der Waals surface area contributed by atoms with Crippen LogP contribution in [0.15, 0.2) is 42.5 Å². The highest BCUT2D eigenvalue weighted by molar-refractivity contribution is 5.79. The van der Waals surface area contributed by atoms with Crippen LogP contribution >= 0.6 is 0 Å². The molecule has 1 aliphatic rings. The first-order valence-electron chi connectivity index (χ1n) is 9.02. The molecule has 5 heteroatoms. The fourth-order valence-corrected chi connectivity index (χ4v) is 3.19. The molecule has 3 aromatic rings. The van der Waals surface area contributed by atoms with E-state index in [0.717, 1.165) is 27.9 Å². The molecule has 0 aliphatic heterocycles. The van der Waals surface area contributed by atoms with Crippen LogP contribution in [0.3, 0.4) is 0 Å². The van der Waals surface area contributed by atoms with Gasteiger partial charge in [-0.15, -0.1) is 0 Å². The third-order valence-electron chi connectivity index (χ3n) is 4.86. The number of imidazole rings is 1. The number of carbonyl (C=O) groups excluding carboxylic acids is 1. The highest BCUT2D eigenvalue weighted by Gasteiger charge is 2.28. The number of hydrogen-bond donors (Lipinski definition) is 1. The number of aryl methyl sites for hydroxylation is 2. The lowest BCUT2D eigenvalue weighted by Crippen LogP contribution is -2.28. The van der Waals surface area contributed by atoms with Gasteiger partial charge in [0.1, 0.15) is 11.6 Å². The van der Waals surface area contributed by atoms with Crippen LogP contribution in [-0.2, 0) is 18.4 Å². The molecular formula is C21H23N3O2. The SMILES string of the molecule is Cc1ccccc1OCC(=O)NCc1ccc2c(c1)nc(C1CC1)n2C. The van der Waals surface area contributed by atoms with Crippen molar-refractivity contribution in [2.75, 3.05) is 6.61 Å². The van der Waals surface area contributed by atoms with Crippen molar-refractivity contribution in [1.29, 1.82) is 0 Å². The second-order valence-electron chi connectivity index (χ2n) is 6.96. The summed E-state index contributed by atoms with van der Waals surface area (Å²) in [5.74, 6) is 2.40. The van der Waals surface area contributed by atoms with Crippen LogP contribution in [0.25, 0.3) is 11.0 Å². The van der Waals surface area contributed by atoms with Crippen molar-refractivity contribution in [3.05, 3.63) is 59.4 Å². The van der Waals surface area contributed by atoms with E-state index >= 15 is 0 Å². The molecule has 134 valence electrons. The average molecular weight is 349 g/mol. The van der Waals surface area contributed by atoms with Crippen molar-refractivity contribution in [1.82, 2.24) is 14.9 Å². The molecule has 1 aromatic heterocycles. The van der Waals surface area contributed by atoms with Gasteiger partial charge in [0.05, 0.1) is 11.0 Å². The molecule has 0 saturated heterocycles. The van der Waals surface area contributed by atoms with Gasteiger partial charge in [0.2, 0.25) is 0 Å². The van der Waals surface area contributed by atoms with E-state index < -0.39 is 0 Å². The first-order chi connectivity index (χ1) is 12.6. The molecule has 4 rings (SSSR count). The Balaban J connectivity index is 1.36. The molecule has 0 unspecified atom stereocenters. The lowest BCUT2D eigenvalue weighted by Gasteiger charge is -2.09. The van der Waals surface area contributed by atoms with Gasteiger partial charge >= 0.3 is 0 Å². The highest BCUT2D eigenvalue weighted by Crippen LogP contribution is 2.40. The Morgan fingerprint density at radius 2 is 2.08 bits per heavy atom. The molecular weight excluding hydrogens is 326 g/mol. The van der Waals surface area contributed by atoms with Crippen LogP contribution in [0.2, 0.25) is 0 Å². The molecule has 0 bridgehead atoms. The molecule has 0 radical (unpaired) electrons.